The number of hydrogen-bond donors (Lipinski definition) is 1. The lowest BCUT2D eigenvalue weighted by molar-refractivity contribution is 0.217. The van der Waals surface area contributed by atoms with Gasteiger partial charge in [-0.15, -0.1) is 11.3 Å². The zero-order chi connectivity index (χ0) is 14.8. The first kappa shape index (κ1) is 14.1. The van der Waals surface area contributed by atoms with Crippen LogP contribution < -0.4 is 5.32 Å². The highest BCUT2D eigenvalue weighted by Gasteiger charge is 2.29. The van der Waals surface area contributed by atoms with Gasteiger partial charge in [-0.05, 0) is 38.1 Å². The van der Waals surface area contributed by atoms with Gasteiger partial charge in [0.05, 0.1) is 5.69 Å². The predicted molar refractivity (Wildman–Crippen MR) is 81.5 cm³/mol. The van der Waals surface area contributed by atoms with Gasteiger partial charge in [-0.2, -0.15) is 4.98 Å². The third-order valence-corrected chi connectivity index (χ3v) is 4.44. The number of carbonyl (C=O) groups excluding carboxylic acids is 1. The smallest absolute Gasteiger partial charge is 0.321 e. The molecule has 0 radical (unpaired) electrons. The Morgan fingerprint density at radius 2 is 2.24 bits per heavy atom. The predicted octanol–water partition coefficient (Wildman–Crippen LogP) is 3.55. The van der Waals surface area contributed by atoms with Crippen LogP contribution >= 0.6 is 11.3 Å². The number of anilines is 1. The first-order chi connectivity index (χ1) is 10.2. The van der Waals surface area contributed by atoms with Gasteiger partial charge in [0.15, 0.2) is 5.82 Å². The Hall–Kier alpha value is -1.89. The second kappa shape index (κ2) is 5.85. The molecule has 0 unspecified atom stereocenters. The first-order valence-corrected chi connectivity index (χ1v) is 8.08. The molecular formula is C14H18N4O2S. The van der Waals surface area contributed by atoms with E-state index in [-0.39, 0.29) is 6.03 Å². The molecule has 6 nitrogen and oxygen atoms in total. The Bertz CT molecular complexity index is 628. The van der Waals surface area contributed by atoms with Crippen molar-refractivity contribution in [2.75, 3.05) is 18.4 Å². The molecule has 7 heteroatoms. The number of hydrogen-bond acceptors (Lipinski definition) is 5. The fourth-order valence-corrected chi connectivity index (χ4v) is 2.88. The van der Waals surface area contributed by atoms with Gasteiger partial charge in [-0.1, -0.05) is 5.16 Å². The van der Waals surface area contributed by atoms with Crippen molar-refractivity contribution in [3.63, 3.8) is 0 Å². The summed E-state index contributed by atoms with van der Waals surface area (Å²) in [6, 6.07) is 1.75. The van der Waals surface area contributed by atoms with Crippen molar-refractivity contribution in [3.8, 4) is 10.8 Å². The molecule has 0 saturated heterocycles. The number of carbonyl (C=O) groups is 1. The molecule has 2 heterocycles. The van der Waals surface area contributed by atoms with Crippen LogP contribution in [0.25, 0.3) is 10.8 Å². The van der Waals surface area contributed by atoms with E-state index in [1.165, 1.54) is 11.3 Å². The van der Waals surface area contributed by atoms with Crippen molar-refractivity contribution < 1.29 is 9.32 Å². The number of amides is 2. The Morgan fingerprint density at radius 3 is 2.90 bits per heavy atom. The maximum atomic E-state index is 12.1. The summed E-state index contributed by atoms with van der Waals surface area (Å²) in [5.41, 5.74) is 0.725. The zero-order valence-corrected chi connectivity index (χ0v) is 12.9. The van der Waals surface area contributed by atoms with Gasteiger partial charge < -0.3 is 14.7 Å². The summed E-state index contributed by atoms with van der Waals surface area (Å²) >= 11 is 1.49. The van der Waals surface area contributed by atoms with Crippen LogP contribution in [0.4, 0.5) is 10.5 Å². The second-order valence-electron chi connectivity index (χ2n) is 5.00. The number of rotatable bonds is 5. The fraction of sp³-hybridized carbons (Fsp3) is 0.500. The molecule has 1 aliphatic rings. The van der Waals surface area contributed by atoms with Gasteiger partial charge in [0, 0.05) is 19.0 Å². The van der Waals surface area contributed by atoms with E-state index in [0.717, 1.165) is 29.2 Å². The minimum atomic E-state index is -0.110. The SMILES string of the molecule is CCN(CC)C(=O)Nc1ccsc1-c1nc(C2CC2)no1. The summed E-state index contributed by atoms with van der Waals surface area (Å²) in [5, 5.41) is 8.84. The van der Waals surface area contributed by atoms with Crippen LogP contribution in [0, 0.1) is 0 Å². The van der Waals surface area contributed by atoms with E-state index >= 15 is 0 Å². The number of urea groups is 1. The quantitative estimate of drug-likeness (QED) is 0.917. The Kier molecular flexibility index (Phi) is 3.92. The van der Waals surface area contributed by atoms with E-state index in [4.69, 9.17) is 4.52 Å². The molecule has 2 aromatic heterocycles. The standard InChI is InChI=1S/C14H18N4O2S/c1-3-18(4-2)14(19)15-10-7-8-21-11(10)13-16-12(17-20-13)9-5-6-9/h7-9H,3-6H2,1-2H3,(H,15,19). The van der Waals surface area contributed by atoms with Crippen molar-refractivity contribution in [1.29, 1.82) is 0 Å². The van der Waals surface area contributed by atoms with E-state index in [9.17, 15) is 4.79 Å². The molecule has 1 saturated carbocycles. The molecule has 0 aromatic carbocycles. The molecule has 2 aromatic rings. The Morgan fingerprint density at radius 1 is 1.48 bits per heavy atom. The zero-order valence-electron chi connectivity index (χ0n) is 12.1. The summed E-state index contributed by atoms with van der Waals surface area (Å²) in [6.45, 7) is 5.26. The summed E-state index contributed by atoms with van der Waals surface area (Å²) in [6.07, 6.45) is 2.27. The van der Waals surface area contributed by atoms with E-state index in [1.54, 1.807) is 4.90 Å². The molecule has 21 heavy (non-hydrogen) atoms. The molecule has 2 amide bonds. The summed E-state index contributed by atoms with van der Waals surface area (Å²) in [4.78, 5) is 19.1. The minimum Gasteiger partial charge on any atom is -0.333 e. The average Bonchev–Trinajstić information content (AvgIpc) is 3.04. The van der Waals surface area contributed by atoms with Crippen LogP contribution in [-0.4, -0.2) is 34.2 Å². The van der Waals surface area contributed by atoms with Gasteiger partial charge in [0.25, 0.3) is 5.89 Å². The average molecular weight is 306 g/mol. The molecule has 1 aliphatic carbocycles. The topological polar surface area (TPSA) is 71.3 Å². The normalized spacial score (nSPS) is 14.2. The van der Waals surface area contributed by atoms with Gasteiger partial charge in [0.2, 0.25) is 0 Å². The van der Waals surface area contributed by atoms with Crippen LogP contribution in [0.1, 0.15) is 38.4 Å². The third-order valence-electron chi connectivity index (χ3n) is 3.54. The largest absolute Gasteiger partial charge is 0.333 e. The molecular weight excluding hydrogens is 288 g/mol. The first-order valence-electron chi connectivity index (χ1n) is 7.20. The maximum absolute atomic E-state index is 12.1. The lowest BCUT2D eigenvalue weighted by Gasteiger charge is -2.18. The second-order valence-corrected chi connectivity index (χ2v) is 5.91. The van der Waals surface area contributed by atoms with Crippen molar-refractivity contribution in [2.45, 2.75) is 32.6 Å². The fourth-order valence-electron chi connectivity index (χ4n) is 2.11. The lowest BCUT2D eigenvalue weighted by atomic mass is 10.3. The lowest BCUT2D eigenvalue weighted by Crippen LogP contribution is -2.34. The van der Waals surface area contributed by atoms with Crippen molar-refractivity contribution in [3.05, 3.63) is 17.3 Å². The number of thiophene rings is 1. The molecule has 0 aliphatic heterocycles. The van der Waals surface area contributed by atoms with Crippen LogP contribution in [0.3, 0.4) is 0 Å². The molecule has 3 rings (SSSR count). The molecule has 0 spiro atoms. The monoisotopic (exact) mass is 306 g/mol. The number of nitrogens with zero attached hydrogens (tertiary/aromatic N) is 3. The minimum absolute atomic E-state index is 0.110. The summed E-state index contributed by atoms with van der Waals surface area (Å²) in [5.74, 6) is 1.72. The van der Waals surface area contributed by atoms with Crippen LogP contribution in [0.15, 0.2) is 16.0 Å². The third kappa shape index (κ3) is 2.92. The highest BCUT2D eigenvalue weighted by molar-refractivity contribution is 7.14. The van der Waals surface area contributed by atoms with Crippen molar-refractivity contribution in [1.82, 2.24) is 15.0 Å². The van der Waals surface area contributed by atoms with Gasteiger partial charge in [0.1, 0.15) is 4.88 Å². The van der Waals surface area contributed by atoms with Crippen molar-refractivity contribution in [2.24, 2.45) is 0 Å². The number of nitrogens with one attached hydrogen (secondary N) is 1. The van der Waals surface area contributed by atoms with Crippen LogP contribution in [0.5, 0.6) is 0 Å². The summed E-state index contributed by atoms with van der Waals surface area (Å²) < 4.78 is 5.33. The van der Waals surface area contributed by atoms with Crippen LogP contribution in [0.2, 0.25) is 0 Å². The summed E-state index contributed by atoms with van der Waals surface area (Å²) in [7, 11) is 0. The van der Waals surface area contributed by atoms with Crippen LogP contribution in [-0.2, 0) is 0 Å². The molecule has 112 valence electrons. The molecule has 0 bridgehead atoms. The van der Waals surface area contributed by atoms with E-state index in [0.29, 0.717) is 24.9 Å². The van der Waals surface area contributed by atoms with E-state index in [1.807, 2.05) is 25.3 Å². The van der Waals surface area contributed by atoms with Gasteiger partial charge >= 0.3 is 6.03 Å². The molecule has 1 fully saturated rings. The number of aromatic nitrogens is 2. The van der Waals surface area contributed by atoms with Crippen molar-refractivity contribution >= 4 is 23.1 Å². The highest BCUT2D eigenvalue weighted by Crippen LogP contribution is 2.40. The molecule has 1 N–H and O–H groups in total. The maximum Gasteiger partial charge on any atom is 0.321 e. The Balaban J connectivity index is 1.78. The van der Waals surface area contributed by atoms with Gasteiger partial charge in [-0.25, -0.2) is 4.79 Å². The molecule has 0 atom stereocenters. The highest BCUT2D eigenvalue weighted by atomic mass is 32.1. The Labute approximate surface area is 127 Å². The van der Waals surface area contributed by atoms with E-state index < -0.39 is 0 Å². The van der Waals surface area contributed by atoms with E-state index in [2.05, 4.69) is 15.5 Å². The van der Waals surface area contributed by atoms with Gasteiger partial charge in [-0.3, -0.25) is 0 Å².